The van der Waals surface area contributed by atoms with Crippen LogP contribution in [0.4, 0.5) is 11.4 Å². The van der Waals surface area contributed by atoms with Crippen LogP contribution in [0.2, 0.25) is 0 Å². The van der Waals surface area contributed by atoms with Crippen molar-refractivity contribution in [3.63, 3.8) is 0 Å². The van der Waals surface area contributed by atoms with E-state index >= 15 is 0 Å². The standard InChI is InChI=1S/C25H20IN3O7S/c1-15-4-7-19(8-5-15)37(33,34)36-24-20(26)12-17(13-23(24)35-3)11-18(14-27)25(30)28-21-9-6-16(2)10-22(21)29(31)32/h4-13H,1-3H3,(H,28,30)/b18-11+. The minimum absolute atomic E-state index is 0.0337. The second-order valence-electron chi connectivity index (χ2n) is 7.79. The zero-order valence-corrected chi connectivity index (χ0v) is 22.8. The minimum Gasteiger partial charge on any atom is -0.493 e. The van der Waals surface area contributed by atoms with Crippen LogP contribution >= 0.6 is 22.6 Å². The van der Waals surface area contributed by atoms with Crippen molar-refractivity contribution in [2.75, 3.05) is 12.4 Å². The monoisotopic (exact) mass is 633 g/mol. The van der Waals surface area contributed by atoms with Crippen LogP contribution < -0.4 is 14.2 Å². The van der Waals surface area contributed by atoms with Crippen molar-refractivity contribution in [1.29, 1.82) is 5.26 Å². The molecule has 3 aromatic carbocycles. The average Bonchev–Trinajstić information content (AvgIpc) is 2.85. The van der Waals surface area contributed by atoms with Gasteiger partial charge in [-0.25, -0.2) is 0 Å². The van der Waals surface area contributed by atoms with Crippen molar-refractivity contribution in [3.05, 3.63) is 90.5 Å². The summed E-state index contributed by atoms with van der Waals surface area (Å²) >= 11 is 1.85. The van der Waals surface area contributed by atoms with Gasteiger partial charge in [0.2, 0.25) is 0 Å². The number of nitrogens with one attached hydrogen (secondary N) is 1. The quantitative estimate of drug-likeness (QED) is 0.0896. The molecule has 0 aromatic heterocycles. The van der Waals surface area contributed by atoms with Gasteiger partial charge in [0.25, 0.3) is 11.6 Å². The van der Waals surface area contributed by atoms with Gasteiger partial charge in [-0.05, 0) is 84.0 Å². The van der Waals surface area contributed by atoms with Crippen LogP contribution in [0, 0.1) is 38.9 Å². The van der Waals surface area contributed by atoms with Gasteiger partial charge in [-0.3, -0.25) is 14.9 Å². The van der Waals surface area contributed by atoms with Crippen LogP contribution in [-0.2, 0) is 14.9 Å². The Hall–Kier alpha value is -3.96. The molecule has 190 valence electrons. The maximum Gasteiger partial charge on any atom is 0.339 e. The van der Waals surface area contributed by atoms with Gasteiger partial charge in [-0.15, -0.1) is 0 Å². The number of methoxy groups -OCH3 is 1. The summed E-state index contributed by atoms with van der Waals surface area (Å²) in [6.07, 6.45) is 1.25. The van der Waals surface area contributed by atoms with E-state index in [1.54, 1.807) is 31.2 Å². The van der Waals surface area contributed by atoms with Crippen LogP contribution in [0.3, 0.4) is 0 Å². The molecule has 0 aliphatic carbocycles. The van der Waals surface area contributed by atoms with Crippen LogP contribution in [0.5, 0.6) is 11.5 Å². The highest BCUT2D eigenvalue weighted by Crippen LogP contribution is 2.36. The smallest absolute Gasteiger partial charge is 0.339 e. The Morgan fingerprint density at radius 1 is 1.11 bits per heavy atom. The number of halogens is 1. The fourth-order valence-corrected chi connectivity index (χ4v) is 5.01. The Kier molecular flexibility index (Phi) is 8.51. The van der Waals surface area contributed by atoms with E-state index in [1.807, 2.05) is 29.5 Å². The third-order valence-electron chi connectivity index (χ3n) is 5.03. The molecule has 10 nitrogen and oxygen atoms in total. The lowest BCUT2D eigenvalue weighted by atomic mass is 10.1. The van der Waals surface area contributed by atoms with Gasteiger partial charge in [0.15, 0.2) is 11.5 Å². The van der Waals surface area contributed by atoms with Crippen molar-refractivity contribution in [3.8, 4) is 17.6 Å². The molecule has 0 unspecified atom stereocenters. The Balaban J connectivity index is 1.93. The van der Waals surface area contributed by atoms with E-state index < -0.39 is 20.9 Å². The third kappa shape index (κ3) is 6.63. The number of carbonyl (C=O) groups is 1. The second-order valence-corrected chi connectivity index (χ2v) is 10.5. The number of amides is 1. The fourth-order valence-electron chi connectivity index (χ4n) is 3.17. The summed E-state index contributed by atoms with van der Waals surface area (Å²) in [6.45, 7) is 3.50. The molecule has 0 bridgehead atoms. The number of hydrogen-bond donors (Lipinski definition) is 1. The molecule has 0 saturated heterocycles. The van der Waals surface area contributed by atoms with Crippen LogP contribution in [0.25, 0.3) is 6.08 Å². The summed E-state index contributed by atoms with van der Waals surface area (Å²) in [5.41, 5.74) is 1.16. The topological polar surface area (TPSA) is 149 Å². The van der Waals surface area contributed by atoms with Gasteiger partial charge in [0, 0.05) is 6.07 Å². The number of nitro groups is 1. The summed E-state index contributed by atoms with van der Waals surface area (Å²) < 4.78 is 36.5. The first-order chi connectivity index (χ1) is 17.4. The Bertz CT molecular complexity index is 1560. The predicted molar refractivity (Wildman–Crippen MR) is 145 cm³/mol. The highest BCUT2D eigenvalue weighted by atomic mass is 127. The minimum atomic E-state index is -4.16. The van der Waals surface area contributed by atoms with E-state index in [2.05, 4.69) is 5.32 Å². The predicted octanol–water partition coefficient (Wildman–Crippen LogP) is 5.14. The molecule has 37 heavy (non-hydrogen) atoms. The van der Waals surface area contributed by atoms with Crippen molar-refractivity contribution >= 4 is 56.1 Å². The van der Waals surface area contributed by atoms with Crippen molar-refractivity contribution < 1.29 is 27.1 Å². The Morgan fingerprint density at radius 2 is 1.76 bits per heavy atom. The Labute approximate surface area is 226 Å². The SMILES string of the molecule is COc1cc(/C=C(\C#N)C(=O)Nc2ccc(C)cc2[N+](=O)[O-])cc(I)c1OS(=O)(=O)c1ccc(C)cc1. The second kappa shape index (κ2) is 11.4. The van der Waals surface area contributed by atoms with Gasteiger partial charge >= 0.3 is 10.1 Å². The summed E-state index contributed by atoms with van der Waals surface area (Å²) in [5, 5.41) is 23.3. The van der Waals surface area contributed by atoms with Gasteiger partial charge in [-0.1, -0.05) is 23.8 Å². The van der Waals surface area contributed by atoms with Crippen molar-refractivity contribution in [1.82, 2.24) is 0 Å². The molecule has 0 fully saturated rings. The number of ether oxygens (including phenoxy) is 1. The highest BCUT2D eigenvalue weighted by Gasteiger charge is 2.23. The number of benzene rings is 3. The average molecular weight is 633 g/mol. The molecule has 3 rings (SSSR count). The number of carbonyl (C=O) groups excluding carboxylic acids is 1. The number of anilines is 1. The zero-order valence-electron chi connectivity index (χ0n) is 19.8. The van der Waals surface area contributed by atoms with Gasteiger partial charge < -0.3 is 14.2 Å². The molecule has 0 heterocycles. The lowest BCUT2D eigenvalue weighted by Gasteiger charge is -2.14. The third-order valence-corrected chi connectivity index (χ3v) is 7.07. The van der Waals surface area contributed by atoms with Crippen LogP contribution in [0.1, 0.15) is 16.7 Å². The van der Waals surface area contributed by atoms with E-state index in [0.717, 1.165) is 5.56 Å². The fraction of sp³-hybridized carbons (Fsp3) is 0.120. The summed E-state index contributed by atoms with van der Waals surface area (Å²) in [6, 6.07) is 15.1. The molecule has 0 radical (unpaired) electrons. The maximum atomic E-state index is 12.8. The first-order valence-electron chi connectivity index (χ1n) is 10.5. The van der Waals surface area contributed by atoms with E-state index in [0.29, 0.717) is 14.7 Å². The van der Waals surface area contributed by atoms with Gasteiger partial charge in [-0.2, -0.15) is 13.7 Å². The van der Waals surface area contributed by atoms with E-state index in [4.69, 9.17) is 8.92 Å². The first kappa shape index (κ1) is 27.6. The lowest BCUT2D eigenvalue weighted by molar-refractivity contribution is -0.384. The number of nitro benzene ring substituents is 1. The van der Waals surface area contributed by atoms with E-state index in [1.165, 1.54) is 49.6 Å². The molecule has 3 aromatic rings. The van der Waals surface area contributed by atoms with Crippen molar-refractivity contribution in [2.45, 2.75) is 18.7 Å². The van der Waals surface area contributed by atoms with Crippen molar-refractivity contribution in [2.24, 2.45) is 0 Å². The molecule has 0 saturated carbocycles. The number of nitrogens with zero attached hydrogens (tertiary/aromatic N) is 2. The molecule has 0 atom stereocenters. The highest BCUT2D eigenvalue weighted by molar-refractivity contribution is 14.1. The molecule has 0 spiro atoms. The molecule has 1 N–H and O–H groups in total. The molecule has 12 heteroatoms. The van der Waals surface area contributed by atoms with E-state index in [-0.39, 0.29) is 33.3 Å². The molecular weight excluding hydrogens is 613 g/mol. The van der Waals surface area contributed by atoms with Crippen LogP contribution in [0.15, 0.2) is 65.1 Å². The number of hydrogen-bond acceptors (Lipinski definition) is 8. The Morgan fingerprint density at radius 3 is 2.35 bits per heavy atom. The van der Waals surface area contributed by atoms with E-state index in [9.17, 15) is 28.6 Å². The van der Waals surface area contributed by atoms with Gasteiger partial charge in [0.1, 0.15) is 22.2 Å². The summed E-state index contributed by atoms with van der Waals surface area (Å²) in [4.78, 5) is 23.4. The van der Waals surface area contributed by atoms with Gasteiger partial charge in [0.05, 0.1) is 15.6 Å². The number of nitriles is 1. The largest absolute Gasteiger partial charge is 0.493 e. The summed E-state index contributed by atoms with van der Waals surface area (Å²) in [7, 11) is -2.84. The first-order valence-corrected chi connectivity index (χ1v) is 13.0. The molecule has 0 aliphatic rings. The van der Waals surface area contributed by atoms with Crippen LogP contribution in [-0.4, -0.2) is 26.4 Å². The molecular formula is C25H20IN3O7S. The zero-order chi connectivity index (χ0) is 27.3. The lowest BCUT2D eigenvalue weighted by Crippen LogP contribution is -2.14. The molecule has 1 amide bonds. The summed E-state index contributed by atoms with van der Waals surface area (Å²) in [5.74, 6) is -0.856. The number of rotatable bonds is 8. The maximum absolute atomic E-state index is 12.8. The normalized spacial score (nSPS) is 11.4. The number of aryl methyl sites for hydroxylation is 2. The molecule has 0 aliphatic heterocycles.